The van der Waals surface area contributed by atoms with Crippen LogP contribution in [0.3, 0.4) is 0 Å². The van der Waals surface area contributed by atoms with Crippen LogP contribution in [-0.4, -0.2) is 27.6 Å². The van der Waals surface area contributed by atoms with Gasteiger partial charge in [0.1, 0.15) is 0 Å². The third kappa shape index (κ3) is 1.89. The molecule has 0 aliphatic rings. The maximum atomic E-state index is 10.5. The third-order valence-electron chi connectivity index (χ3n) is 1.11. The second-order valence-corrected chi connectivity index (χ2v) is 1.90. The Morgan fingerprint density at radius 3 is 2.38 bits per heavy atom. The molecule has 0 radical (unpaired) electrons. The average molecular weight is 187 g/mol. The Morgan fingerprint density at radius 2 is 1.92 bits per heavy atom. The Kier molecular flexibility index (Phi) is 2.38. The topological polar surface area (TPSA) is 98.0 Å². The van der Waals surface area contributed by atoms with Crippen molar-refractivity contribution in [2.75, 3.05) is 0 Å². The van der Waals surface area contributed by atoms with Gasteiger partial charge in [0.15, 0.2) is 0 Å². The van der Waals surface area contributed by atoms with Gasteiger partial charge in [-0.3, -0.25) is 9.63 Å². The Bertz CT molecular complexity index is 310. The fraction of sp³-hybridized carbons (Fsp3) is 0. The summed E-state index contributed by atoms with van der Waals surface area (Å²) in [4.78, 5) is 24.3. The average Bonchev–Trinajstić information content (AvgIpc) is 2.36. The summed E-state index contributed by atoms with van der Waals surface area (Å²) >= 11 is 0. The van der Waals surface area contributed by atoms with E-state index in [1.54, 1.807) is 0 Å². The van der Waals surface area contributed by atoms with Crippen LogP contribution in [0.5, 0.6) is 11.8 Å². The molecule has 1 aromatic heterocycles. The molecule has 70 valence electrons. The van der Waals surface area contributed by atoms with E-state index in [9.17, 15) is 9.59 Å². The molecule has 0 bridgehead atoms. The summed E-state index contributed by atoms with van der Waals surface area (Å²) in [5.74, 6) is -0.999. The molecular formula is C6H5NO6. The number of aromatic nitrogens is 1. The summed E-state index contributed by atoms with van der Waals surface area (Å²) in [6.45, 7) is -0.139. The maximum absolute atomic E-state index is 10.5. The summed E-state index contributed by atoms with van der Waals surface area (Å²) in [5, 5.41) is 17.9. The molecule has 0 aromatic carbocycles. The molecule has 0 saturated heterocycles. The molecule has 2 N–H and O–H groups in total. The first-order chi connectivity index (χ1) is 6.15. The van der Waals surface area contributed by atoms with Crippen LogP contribution in [0.1, 0.15) is 0 Å². The molecule has 0 fully saturated rings. The maximum Gasteiger partial charge on any atom is 0.541 e. The lowest BCUT2D eigenvalue weighted by molar-refractivity contribution is -0.125. The molecule has 13 heavy (non-hydrogen) atoms. The smallest absolute Gasteiger partial charge is 0.492 e. The quantitative estimate of drug-likeness (QED) is 0.372. The van der Waals surface area contributed by atoms with Crippen molar-refractivity contribution in [2.45, 2.75) is 0 Å². The molecule has 0 amide bonds. The lowest BCUT2D eigenvalue weighted by Crippen LogP contribution is -2.19. The molecule has 1 heterocycles. The van der Waals surface area contributed by atoms with Gasteiger partial charge in [-0.25, -0.2) is 4.79 Å². The molecule has 7 nitrogen and oxygen atoms in total. The predicted molar refractivity (Wildman–Crippen MR) is 36.9 cm³/mol. The van der Waals surface area contributed by atoms with E-state index in [4.69, 9.17) is 10.2 Å². The van der Waals surface area contributed by atoms with E-state index >= 15 is 0 Å². The van der Waals surface area contributed by atoms with Gasteiger partial charge in [-0.05, 0) is 0 Å². The van der Waals surface area contributed by atoms with Gasteiger partial charge in [0.25, 0.3) is 0 Å². The molecule has 1 rings (SSSR count). The van der Waals surface area contributed by atoms with Crippen LogP contribution >= 0.6 is 0 Å². The Balaban J connectivity index is 2.73. The van der Waals surface area contributed by atoms with Crippen LogP contribution in [0.25, 0.3) is 0 Å². The summed E-state index contributed by atoms with van der Waals surface area (Å²) in [5.41, 5.74) is 0. The van der Waals surface area contributed by atoms with Gasteiger partial charge >= 0.3 is 12.6 Å². The van der Waals surface area contributed by atoms with Crippen LogP contribution in [0, 0.1) is 0 Å². The van der Waals surface area contributed by atoms with Gasteiger partial charge in [-0.15, -0.1) is 4.73 Å². The first-order valence-electron chi connectivity index (χ1n) is 3.07. The highest BCUT2D eigenvalue weighted by molar-refractivity contribution is 5.69. The molecular weight excluding hydrogens is 182 g/mol. The lowest BCUT2D eigenvalue weighted by atomic mass is 10.6. The van der Waals surface area contributed by atoms with E-state index in [2.05, 4.69) is 9.57 Å². The van der Waals surface area contributed by atoms with Gasteiger partial charge in [-0.2, -0.15) is 0 Å². The van der Waals surface area contributed by atoms with E-state index in [1.165, 1.54) is 0 Å². The molecule has 0 unspecified atom stereocenters. The van der Waals surface area contributed by atoms with Gasteiger partial charge in [-0.1, -0.05) is 0 Å². The van der Waals surface area contributed by atoms with E-state index in [0.717, 1.165) is 12.1 Å². The third-order valence-corrected chi connectivity index (χ3v) is 1.11. The zero-order chi connectivity index (χ0) is 9.84. The van der Waals surface area contributed by atoms with Crippen molar-refractivity contribution in [3.8, 4) is 11.8 Å². The van der Waals surface area contributed by atoms with Crippen molar-refractivity contribution in [2.24, 2.45) is 0 Å². The number of aromatic hydroxyl groups is 2. The SMILES string of the molecule is O=COC(=O)On1c(O)ccc1O. The second kappa shape index (κ2) is 3.48. The van der Waals surface area contributed by atoms with Crippen LogP contribution in [-0.2, 0) is 9.53 Å². The number of hydrogen-bond donors (Lipinski definition) is 2. The highest BCUT2D eigenvalue weighted by Crippen LogP contribution is 2.18. The largest absolute Gasteiger partial charge is 0.541 e. The highest BCUT2D eigenvalue weighted by Gasteiger charge is 2.12. The normalized spacial score (nSPS) is 9.23. The lowest BCUT2D eigenvalue weighted by Gasteiger charge is -2.03. The summed E-state index contributed by atoms with van der Waals surface area (Å²) < 4.78 is 4.14. The minimum Gasteiger partial charge on any atom is -0.492 e. The van der Waals surface area contributed by atoms with E-state index < -0.39 is 17.9 Å². The van der Waals surface area contributed by atoms with Gasteiger partial charge < -0.3 is 14.9 Å². The van der Waals surface area contributed by atoms with Crippen molar-refractivity contribution in [3.63, 3.8) is 0 Å². The van der Waals surface area contributed by atoms with Gasteiger partial charge in [0, 0.05) is 12.1 Å². The molecule has 0 atom stereocenters. The fourth-order valence-corrected chi connectivity index (χ4v) is 0.631. The first-order valence-corrected chi connectivity index (χ1v) is 3.07. The summed E-state index contributed by atoms with van der Waals surface area (Å²) in [6.07, 6.45) is -1.36. The van der Waals surface area contributed by atoms with E-state index in [1.807, 2.05) is 0 Å². The minimum atomic E-state index is -1.36. The number of nitrogens with zero attached hydrogens (tertiary/aromatic N) is 1. The number of rotatable bonds is 2. The van der Waals surface area contributed by atoms with Crippen molar-refractivity contribution in [1.82, 2.24) is 4.73 Å². The molecule has 0 aliphatic carbocycles. The Hall–Kier alpha value is -2.18. The van der Waals surface area contributed by atoms with Crippen molar-refractivity contribution < 1.29 is 29.4 Å². The summed E-state index contributed by atoms with van der Waals surface area (Å²) in [6, 6.07) is 2.17. The molecule has 0 spiro atoms. The standard InChI is InChI=1S/C6H5NO6/c8-3-12-6(11)13-7-4(9)1-2-5(7)10/h1-3,9-10H. The number of ether oxygens (including phenoxy) is 1. The molecule has 0 saturated carbocycles. The van der Waals surface area contributed by atoms with Crippen LogP contribution in [0.15, 0.2) is 12.1 Å². The van der Waals surface area contributed by atoms with Crippen molar-refractivity contribution >= 4 is 12.6 Å². The monoisotopic (exact) mass is 187 g/mol. The number of carbonyl (C=O) groups is 2. The fourth-order valence-electron chi connectivity index (χ4n) is 0.631. The van der Waals surface area contributed by atoms with Gasteiger partial charge in [0.05, 0.1) is 0 Å². The number of hydrogen-bond acceptors (Lipinski definition) is 6. The first kappa shape index (κ1) is 8.91. The predicted octanol–water partition coefficient (Wildman–Crippen LogP) is -0.379. The highest BCUT2D eigenvalue weighted by atomic mass is 16.8. The van der Waals surface area contributed by atoms with Crippen LogP contribution < -0.4 is 4.84 Å². The van der Waals surface area contributed by atoms with Crippen LogP contribution in [0.4, 0.5) is 4.79 Å². The second-order valence-electron chi connectivity index (χ2n) is 1.90. The van der Waals surface area contributed by atoms with E-state index in [-0.39, 0.29) is 6.47 Å². The van der Waals surface area contributed by atoms with Crippen molar-refractivity contribution in [1.29, 1.82) is 0 Å². The minimum absolute atomic E-state index is 0.139. The zero-order valence-electron chi connectivity index (χ0n) is 6.21. The van der Waals surface area contributed by atoms with Crippen LogP contribution in [0.2, 0.25) is 0 Å². The molecule has 0 aliphatic heterocycles. The molecule has 7 heteroatoms. The molecule has 1 aromatic rings. The summed E-state index contributed by atoms with van der Waals surface area (Å²) in [7, 11) is 0. The van der Waals surface area contributed by atoms with Crippen molar-refractivity contribution in [3.05, 3.63) is 12.1 Å². The number of carbonyl (C=O) groups excluding carboxylic acids is 2. The van der Waals surface area contributed by atoms with Gasteiger partial charge in [0.2, 0.25) is 11.8 Å². The zero-order valence-corrected chi connectivity index (χ0v) is 6.21. The Morgan fingerprint density at radius 1 is 1.38 bits per heavy atom. The Labute approximate surface area is 71.7 Å². The van der Waals surface area contributed by atoms with E-state index in [0.29, 0.717) is 4.73 Å².